The van der Waals surface area contributed by atoms with Crippen molar-refractivity contribution in [3.05, 3.63) is 29.3 Å². The second kappa shape index (κ2) is 6.60. The van der Waals surface area contributed by atoms with Crippen molar-refractivity contribution in [3.63, 3.8) is 0 Å². The van der Waals surface area contributed by atoms with Gasteiger partial charge >= 0.3 is 0 Å². The Morgan fingerprint density at radius 2 is 1.79 bits per heavy atom. The van der Waals surface area contributed by atoms with E-state index in [4.69, 9.17) is 0 Å². The van der Waals surface area contributed by atoms with Gasteiger partial charge in [0.2, 0.25) is 5.91 Å². The lowest BCUT2D eigenvalue weighted by Crippen LogP contribution is -2.48. The Kier molecular flexibility index (Phi) is 4.63. The summed E-state index contributed by atoms with van der Waals surface area (Å²) in [5.74, 6) is 4.53. The van der Waals surface area contributed by atoms with E-state index in [-0.39, 0.29) is 11.8 Å². The van der Waals surface area contributed by atoms with Crippen LogP contribution in [-0.2, 0) is 4.79 Å². The Hall–Kier alpha value is -0.610. The minimum absolute atomic E-state index is 0.202. The predicted octanol–water partition coefficient (Wildman–Crippen LogP) is 5.24. The fourth-order valence-corrected chi connectivity index (χ4v) is 8.88. The van der Waals surface area contributed by atoms with Crippen LogP contribution < -0.4 is 5.32 Å². The van der Waals surface area contributed by atoms with Gasteiger partial charge < -0.3 is 5.32 Å². The van der Waals surface area contributed by atoms with Gasteiger partial charge in [0.1, 0.15) is 0 Å². The lowest BCUT2D eigenvalue weighted by molar-refractivity contribution is -0.122. The molecule has 1 aromatic rings. The first-order valence-electron chi connectivity index (χ1n) is 9.25. The van der Waals surface area contributed by atoms with Crippen molar-refractivity contribution in [2.75, 3.05) is 16.8 Å². The number of hydrogen-bond acceptors (Lipinski definition) is 3. The highest BCUT2D eigenvalue weighted by Gasteiger charge is 2.55. The summed E-state index contributed by atoms with van der Waals surface area (Å²) in [5.41, 5.74) is 3.43. The van der Waals surface area contributed by atoms with Crippen molar-refractivity contribution in [2.24, 2.45) is 17.8 Å². The van der Waals surface area contributed by atoms with Crippen LogP contribution in [0.15, 0.2) is 18.2 Å². The first-order valence-corrected chi connectivity index (χ1v) is 11.2. The van der Waals surface area contributed by atoms with E-state index in [1.54, 1.807) is 0 Å². The number of hydrogen-bond donors (Lipinski definition) is 1. The zero-order valence-corrected chi connectivity index (χ0v) is 16.3. The molecule has 1 saturated heterocycles. The molecule has 3 aliphatic rings. The van der Waals surface area contributed by atoms with Gasteiger partial charge in [-0.25, -0.2) is 0 Å². The number of thioether (sulfide) groups is 2. The van der Waals surface area contributed by atoms with Gasteiger partial charge in [0.05, 0.1) is 4.08 Å². The molecule has 1 aromatic carbocycles. The van der Waals surface area contributed by atoms with Crippen molar-refractivity contribution in [3.8, 4) is 0 Å². The number of nitrogens with one attached hydrogen (secondary N) is 1. The van der Waals surface area contributed by atoms with E-state index in [1.807, 2.05) is 12.1 Å². The summed E-state index contributed by atoms with van der Waals surface area (Å²) in [6, 6.07) is 6.18. The van der Waals surface area contributed by atoms with Crippen LogP contribution in [-0.4, -0.2) is 21.5 Å². The number of benzene rings is 1. The number of rotatable bonds is 2. The second-order valence-electron chi connectivity index (χ2n) is 7.65. The van der Waals surface area contributed by atoms with Crippen LogP contribution in [0.2, 0.25) is 0 Å². The second-order valence-corrected chi connectivity index (χ2v) is 10.7. The van der Waals surface area contributed by atoms with Gasteiger partial charge in [-0.1, -0.05) is 18.6 Å². The van der Waals surface area contributed by atoms with Crippen LogP contribution in [0.1, 0.15) is 43.2 Å². The lowest BCUT2D eigenvalue weighted by Gasteiger charge is -2.52. The average molecular weight is 362 g/mol. The summed E-state index contributed by atoms with van der Waals surface area (Å²) in [6.45, 7) is 4.20. The summed E-state index contributed by atoms with van der Waals surface area (Å²) in [7, 11) is 0. The van der Waals surface area contributed by atoms with Gasteiger partial charge in [0.15, 0.2) is 0 Å². The molecule has 2 nitrogen and oxygen atoms in total. The average Bonchev–Trinajstić information content (AvgIpc) is 3.01. The molecule has 0 radical (unpaired) electrons. The number of carbonyl (C=O) groups is 1. The molecule has 1 heterocycles. The standard InChI is InChI=1S/C20H27NOS2/c1-13-5-3-8-18(14(13)2)21-19(22)15-11-16-6-4-7-17(12-15)20(16)23-9-10-24-20/h3,5,8,15-17H,4,6-7,9-12H2,1-2H3,(H,21,22)/t16-,17-/m1/s1. The highest BCUT2D eigenvalue weighted by Crippen LogP contribution is 2.64. The van der Waals surface area contributed by atoms with E-state index in [0.717, 1.165) is 30.4 Å². The fourth-order valence-electron chi connectivity index (χ4n) is 4.94. The monoisotopic (exact) mass is 361 g/mol. The number of carbonyl (C=O) groups excluding carboxylic acids is 1. The molecule has 2 aliphatic carbocycles. The number of anilines is 1. The van der Waals surface area contributed by atoms with Gasteiger partial charge in [-0.05, 0) is 68.6 Å². The molecular formula is C20H27NOS2. The molecule has 3 fully saturated rings. The van der Waals surface area contributed by atoms with Crippen molar-refractivity contribution in [2.45, 2.75) is 50.0 Å². The first-order chi connectivity index (χ1) is 11.6. The van der Waals surface area contributed by atoms with Crippen LogP contribution >= 0.6 is 23.5 Å². The smallest absolute Gasteiger partial charge is 0.227 e. The fraction of sp³-hybridized carbons (Fsp3) is 0.650. The van der Waals surface area contributed by atoms with E-state index < -0.39 is 0 Å². The molecule has 0 unspecified atom stereocenters. The molecule has 1 amide bonds. The molecular weight excluding hydrogens is 334 g/mol. The van der Waals surface area contributed by atoms with Gasteiger partial charge in [0, 0.05) is 23.1 Å². The lowest BCUT2D eigenvalue weighted by atomic mass is 9.67. The molecule has 0 aromatic heterocycles. The largest absolute Gasteiger partial charge is 0.326 e. The number of aryl methyl sites for hydroxylation is 1. The van der Waals surface area contributed by atoms with Crippen LogP contribution in [0.3, 0.4) is 0 Å². The Balaban J connectivity index is 1.50. The summed E-state index contributed by atoms with van der Waals surface area (Å²) >= 11 is 4.42. The maximum absolute atomic E-state index is 12.9. The SMILES string of the molecule is Cc1cccc(NC(=O)C2C[C@H]3CCC[C@H](C2)C32SCCS2)c1C. The van der Waals surface area contributed by atoms with E-state index in [1.165, 1.54) is 41.9 Å². The third-order valence-corrected chi connectivity index (χ3v) is 10.4. The maximum Gasteiger partial charge on any atom is 0.227 e. The third kappa shape index (κ3) is 2.80. The highest BCUT2D eigenvalue weighted by molar-refractivity contribution is 8.21. The Morgan fingerprint density at radius 1 is 1.12 bits per heavy atom. The van der Waals surface area contributed by atoms with Gasteiger partial charge in [-0.15, -0.1) is 23.5 Å². The highest BCUT2D eigenvalue weighted by atomic mass is 32.2. The van der Waals surface area contributed by atoms with Crippen LogP contribution in [0.4, 0.5) is 5.69 Å². The van der Waals surface area contributed by atoms with Crippen LogP contribution in [0.25, 0.3) is 0 Å². The Bertz CT molecular complexity index is 623. The Morgan fingerprint density at radius 3 is 2.46 bits per heavy atom. The third-order valence-electron chi connectivity index (χ3n) is 6.35. The zero-order valence-electron chi connectivity index (χ0n) is 14.6. The van der Waals surface area contributed by atoms with Crippen molar-refractivity contribution in [1.82, 2.24) is 0 Å². The van der Waals surface area contributed by atoms with Crippen LogP contribution in [0.5, 0.6) is 0 Å². The molecule has 4 heteroatoms. The zero-order chi connectivity index (χ0) is 16.7. The van der Waals surface area contributed by atoms with E-state index in [9.17, 15) is 4.79 Å². The molecule has 2 atom stereocenters. The first kappa shape index (κ1) is 16.8. The van der Waals surface area contributed by atoms with E-state index in [2.05, 4.69) is 48.8 Å². The Labute approximate surface area is 153 Å². The molecule has 4 rings (SSSR count). The van der Waals surface area contributed by atoms with E-state index in [0.29, 0.717) is 4.08 Å². The van der Waals surface area contributed by atoms with Crippen molar-refractivity contribution in [1.29, 1.82) is 0 Å². The normalized spacial score (nSPS) is 31.2. The summed E-state index contributed by atoms with van der Waals surface area (Å²) < 4.78 is 0.453. The van der Waals surface area contributed by atoms with Crippen molar-refractivity contribution >= 4 is 35.1 Å². The molecule has 1 N–H and O–H groups in total. The predicted molar refractivity (Wildman–Crippen MR) is 106 cm³/mol. The molecule has 1 aliphatic heterocycles. The molecule has 2 bridgehead atoms. The van der Waals surface area contributed by atoms with Gasteiger partial charge in [-0.2, -0.15) is 0 Å². The molecule has 130 valence electrons. The summed E-state index contributed by atoms with van der Waals surface area (Å²) in [4.78, 5) is 12.9. The topological polar surface area (TPSA) is 29.1 Å². The minimum atomic E-state index is 0.202. The molecule has 2 saturated carbocycles. The van der Waals surface area contributed by atoms with Gasteiger partial charge in [0.25, 0.3) is 0 Å². The quantitative estimate of drug-likeness (QED) is 0.780. The van der Waals surface area contributed by atoms with E-state index >= 15 is 0 Å². The number of amides is 1. The van der Waals surface area contributed by atoms with Crippen LogP contribution in [0, 0.1) is 31.6 Å². The molecule has 1 spiro atoms. The summed E-state index contributed by atoms with van der Waals surface area (Å²) in [5, 5.41) is 3.24. The minimum Gasteiger partial charge on any atom is -0.326 e. The maximum atomic E-state index is 12.9. The molecule has 24 heavy (non-hydrogen) atoms. The summed E-state index contributed by atoms with van der Waals surface area (Å²) in [6.07, 6.45) is 6.19. The van der Waals surface area contributed by atoms with Gasteiger partial charge in [-0.3, -0.25) is 4.79 Å². The van der Waals surface area contributed by atoms with Crippen molar-refractivity contribution < 1.29 is 4.79 Å².